The van der Waals surface area contributed by atoms with E-state index in [4.69, 9.17) is 0 Å². The maximum atomic E-state index is 4.34. The second-order valence-corrected chi connectivity index (χ2v) is 5.28. The average molecular weight is 225 g/mol. The van der Waals surface area contributed by atoms with Crippen LogP contribution in [0.1, 0.15) is 31.1 Å². The number of aromatic nitrogens is 1. The Hall–Kier alpha value is -0.610. The molecule has 0 atom stereocenters. The predicted molar refractivity (Wildman–Crippen MR) is 65.4 cm³/mol. The van der Waals surface area contributed by atoms with E-state index in [1.54, 1.807) is 11.3 Å². The van der Waals surface area contributed by atoms with Crippen LogP contribution in [0.5, 0.6) is 0 Å². The zero-order valence-corrected chi connectivity index (χ0v) is 10.3. The van der Waals surface area contributed by atoms with Crippen LogP contribution < -0.4 is 5.32 Å². The molecular formula is C11H19N3S. The Kier molecular flexibility index (Phi) is 3.59. The molecule has 0 amide bonds. The Morgan fingerprint density at radius 1 is 1.60 bits per heavy atom. The molecule has 0 bridgehead atoms. The summed E-state index contributed by atoms with van der Waals surface area (Å²) in [4.78, 5) is 8.16. The molecule has 1 heterocycles. The first-order chi connectivity index (χ1) is 7.29. The van der Waals surface area contributed by atoms with Crippen molar-refractivity contribution in [3.8, 4) is 0 Å². The highest BCUT2D eigenvalue weighted by molar-refractivity contribution is 7.15. The molecule has 0 unspecified atom stereocenters. The van der Waals surface area contributed by atoms with Crippen LogP contribution in [0.25, 0.3) is 0 Å². The molecule has 1 aliphatic rings. The number of rotatable bonds is 5. The summed E-state index contributed by atoms with van der Waals surface area (Å²) in [6.07, 6.45) is 6.14. The van der Waals surface area contributed by atoms with Crippen LogP contribution in [0.3, 0.4) is 0 Å². The third kappa shape index (κ3) is 2.69. The molecular weight excluding hydrogens is 206 g/mol. The van der Waals surface area contributed by atoms with Gasteiger partial charge in [0.25, 0.3) is 0 Å². The number of hydrogen-bond acceptors (Lipinski definition) is 4. The topological polar surface area (TPSA) is 28.2 Å². The normalized spacial score (nSPS) is 16.7. The zero-order chi connectivity index (χ0) is 10.7. The van der Waals surface area contributed by atoms with Crippen molar-refractivity contribution in [2.75, 3.05) is 18.9 Å². The summed E-state index contributed by atoms with van der Waals surface area (Å²) >= 11 is 1.77. The Labute approximate surface area is 95.5 Å². The smallest absolute Gasteiger partial charge is 0.182 e. The van der Waals surface area contributed by atoms with Gasteiger partial charge in [0.2, 0.25) is 0 Å². The predicted octanol–water partition coefficient (Wildman–Crippen LogP) is 2.56. The minimum absolute atomic E-state index is 0.815. The van der Waals surface area contributed by atoms with Crippen LogP contribution >= 0.6 is 11.3 Å². The van der Waals surface area contributed by atoms with Gasteiger partial charge in [0, 0.05) is 30.2 Å². The number of anilines is 1. The Bertz CT molecular complexity index is 307. The van der Waals surface area contributed by atoms with Crippen molar-refractivity contribution < 1.29 is 0 Å². The summed E-state index contributed by atoms with van der Waals surface area (Å²) in [5, 5.41) is 4.30. The molecule has 4 heteroatoms. The minimum atomic E-state index is 0.815. The summed E-state index contributed by atoms with van der Waals surface area (Å²) in [5.74, 6) is 0. The van der Waals surface area contributed by atoms with Gasteiger partial charge in [0.05, 0.1) is 0 Å². The fourth-order valence-corrected chi connectivity index (χ4v) is 2.76. The minimum Gasteiger partial charge on any atom is -0.362 e. The van der Waals surface area contributed by atoms with Gasteiger partial charge in [-0.3, -0.25) is 4.90 Å². The molecule has 0 aromatic carbocycles. The number of nitrogens with one attached hydrogen (secondary N) is 1. The van der Waals surface area contributed by atoms with Gasteiger partial charge in [-0.2, -0.15) is 0 Å². The highest BCUT2D eigenvalue weighted by Crippen LogP contribution is 2.26. The molecule has 84 valence electrons. The van der Waals surface area contributed by atoms with Crippen LogP contribution in [0.4, 0.5) is 5.13 Å². The average Bonchev–Trinajstić information content (AvgIpc) is 2.49. The molecule has 0 saturated heterocycles. The van der Waals surface area contributed by atoms with Gasteiger partial charge in [0.1, 0.15) is 0 Å². The molecule has 3 nitrogen and oxygen atoms in total. The van der Waals surface area contributed by atoms with Gasteiger partial charge >= 0.3 is 0 Å². The van der Waals surface area contributed by atoms with Gasteiger partial charge in [-0.1, -0.05) is 6.42 Å². The van der Waals surface area contributed by atoms with Crippen LogP contribution in [0.2, 0.25) is 0 Å². The number of nitrogens with zero attached hydrogens (tertiary/aromatic N) is 2. The van der Waals surface area contributed by atoms with Crippen LogP contribution in [-0.4, -0.2) is 29.5 Å². The second kappa shape index (κ2) is 4.94. The molecule has 2 rings (SSSR count). The number of thiazole rings is 1. The van der Waals surface area contributed by atoms with E-state index >= 15 is 0 Å². The van der Waals surface area contributed by atoms with Gasteiger partial charge < -0.3 is 5.32 Å². The summed E-state index contributed by atoms with van der Waals surface area (Å²) in [7, 11) is 2.22. The van der Waals surface area contributed by atoms with E-state index in [9.17, 15) is 0 Å². The lowest BCUT2D eigenvalue weighted by molar-refractivity contribution is 0.154. The first-order valence-electron chi connectivity index (χ1n) is 5.68. The van der Waals surface area contributed by atoms with E-state index in [0.29, 0.717) is 0 Å². The maximum Gasteiger partial charge on any atom is 0.182 e. The van der Waals surface area contributed by atoms with Gasteiger partial charge in [-0.05, 0) is 26.8 Å². The van der Waals surface area contributed by atoms with Crippen LogP contribution in [0.15, 0.2) is 6.20 Å². The number of hydrogen-bond donors (Lipinski definition) is 1. The Morgan fingerprint density at radius 2 is 2.40 bits per heavy atom. The Balaban J connectivity index is 1.86. The molecule has 0 radical (unpaired) electrons. The van der Waals surface area contributed by atoms with E-state index in [2.05, 4.69) is 29.2 Å². The SMILES string of the molecule is CCNc1ncc(CN(C)C2CCC2)s1. The standard InChI is InChI=1S/C11H19N3S/c1-3-12-11-13-7-10(15-11)8-14(2)9-5-4-6-9/h7,9H,3-6,8H2,1-2H3,(H,12,13). The fraction of sp³-hybridized carbons (Fsp3) is 0.727. The van der Waals surface area contributed by atoms with E-state index in [1.165, 1.54) is 24.1 Å². The van der Waals surface area contributed by atoms with Gasteiger partial charge in [-0.15, -0.1) is 11.3 Å². The van der Waals surface area contributed by atoms with Crippen molar-refractivity contribution in [3.05, 3.63) is 11.1 Å². The molecule has 1 aromatic heterocycles. The van der Waals surface area contributed by atoms with E-state index in [0.717, 1.165) is 24.3 Å². The lowest BCUT2D eigenvalue weighted by Gasteiger charge is -2.34. The van der Waals surface area contributed by atoms with E-state index < -0.39 is 0 Å². The highest BCUT2D eigenvalue weighted by Gasteiger charge is 2.22. The Morgan fingerprint density at radius 3 is 3.00 bits per heavy atom. The maximum absolute atomic E-state index is 4.34. The van der Waals surface area contributed by atoms with Crippen LogP contribution in [0, 0.1) is 0 Å². The molecule has 1 aromatic rings. The van der Waals surface area contributed by atoms with Crippen molar-refractivity contribution in [1.29, 1.82) is 0 Å². The molecule has 15 heavy (non-hydrogen) atoms. The summed E-state index contributed by atoms with van der Waals surface area (Å²) < 4.78 is 0. The van der Waals surface area contributed by atoms with E-state index in [-0.39, 0.29) is 0 Å². The van der Waals surface area contributed by atoms with Crippen LogP contribution in [-0.2, 0) is 6.54 Å². The van der Waals surface area contributed by atoms with Crippen molar-refractivity contribution in [2.45, 2.75) is 38.8 Å². The van der Waals surface area contributed by atoms with Crippen molar-refractivity contribution in [1.82, 2.24) is 9.88 Å². The first kappa shape index (κ1) is 10.9. The third-order valence-electron chi connectivity index (χ3n) is 2.98. The molecule has 1 saturated carbocycles. The van der Waals surface area contributed by atoms with Crippen molar-refractivity contribution in [3.63, 3.8) is 0 Å². The second-order valence-electron chi connectivity index (χ2n) is 4.16. The summed E-state index contributed by atoms with van der Waals surface area (Å²) in [6, 6.07) is 0.815. The molecule has 1 fully saturated rings. The van der Waals surface area contributed by atoms with E-state index in [1.807, 2.05) is 6.20 Å². The van der Waals surface area contributed by atoms with Gasteiger partial charge in [-0.25, -0.2) is 4.98 Å². The van der Waals surface area contributed by atoms with Crippen molar-refractivity contribution >= 4 is 16.5 Å². The highest BCUT2D eigenvalue weighted by atomic mass is 32.1. The fourth-order valence-electron chi connectivity index (χ4n) is 1.82. The molecule has 1 N–H and O–H groups in total. The molecule has 1 aliphatic carbocycles. The van der Waals surface area contributed by atoms with Crippen molar-refractivity contribution in [2.24, 2.45) is 0 Å². The summed E-state index contributed by atoms with van der Waals surface area (Å²) in [5.41, 5.74) is 0. The monoisotopic (exact) mass is 225 g/mol. The quantitative estimate of drug-likeness (QED) is 0.834. The largest absolute Gasteiger partial charge is 0.362 e. The molecule has 0 spiro atoms. The lowest BCUT2D eigenvalue weighted by atomic mass is 9.92. The first-order valence-corrected chi connectivity index (χ1v) is 6.50. The third-order valence-corrected chi connectivity index (χ3v) is 3.92. The molecule has 0 aliphatic heterocycles. The zero-order valence-electron chi connectivity index (χ0n) is 9.49. The summed E-state index contributed by atoms with van der Waals surface area (Å²) in [6.45, 7) is 4.10. The van der Waals surface area contributed by atoms with Gasteiger partial charge in [0.15, 0.2) is 5.13 Å². The lowest BCUT2D eigenvalue weighted by Crippen LogP contribution is -2.36.